The van der Waals surface area contributed by atoms with Crippen molar-refractivity contribution in [3.8, 4) is 0 Å². The van der Waals surface area contributed by atoms with Gasteiger partial charge in [-0.05, 0) is 80.9 Å². The lowest BCUT2D eigenvalue weighted by atomic mass is 9.88. The topological polar surface area (TPSA) is 209 Å². The molecule has 2 aromatic carbocycles. The number of unbranched alkanes of at least 4 members (excludes halogenated alkanes) is 1. The maximum atomic E-state index is 13.9. The number of nitrogens with two attached hydrogens (primary N) is 2. The lowest BCUT2D eigenvalue weighted by molar-refractivity contribution is -0.148. The van der Waals surface area contributed by atoms with Crippen molar-refractivity contribution in [2.24, 2.45) is 17.4 Å². The van der Waals surface area contributed by atoms with E-state index in [0.717, 1.165) is 11.1 Å². The summed E-state index contributed by atoms with van der Waals surface area (Å²) in [5, 5.41) is 21.4. The van der Waals surface area contributed by atoms with Crippen LogP contribution in [-0.2, 0) is 30.4 Å². The largest absolute Gasteiger partial charge is 0.480 e. The second-order valence-corrected chi connectivity index (χ2v) is 14.4. The third-order valence-corrected chi connectivity index (χ3v) is 9.62. The van der Waals surface area contributed by atoms with E-state index in [1.54, 1.807) is 4.90 Å². The summed E-state index contributed by atoms with van der Waals surface area (Å²) in [6, 6.07) is 16.9. The van der Waals surface area contributed by atoms with Gasteiger partial charge in [0.2, 0.25) is 23.6 Å². The van der Waals surface area contributed by atoms with Gasteiger partial charge in [-0.1, -0.05) is 81.4 Å². The van der Waals surface area contributed by atoms with Gasteiger partial charge in [-0.25, -0.2) is 0 Å². The molecular weight excluding hydrogens is 662 g/mol. The minimum Gasteiger partial charge on any atom is -0.480 e. The van der Waals surface area contributed by atoms with Crippen molar-refractivity contribution in [1.29, 1.82) is 0 Å². The van der Waals surface area contributed by atoms with Crippen molar-refractivity contribution in [3.05, 3.63) is 71.8 Å². The lowest BCUT2D eigenvalue weighted by Crippen LogP contribution is -2.60. The number of carbonyl (C=O) groups excluding carboxylic acids is 4. The van der Waals surface area contributed by atoms with Crippen LogP contribution in [0.2, 0.25) is 0 Å². The number of nitrogens with zero attached hydrogens (tertiary/aromatic N) is 1. The van der Waals surface area contributed by atoms with Crippen LogP contribution in [-0.4, -0.2) is 96.0 Å². The molecule has 2 aromatic rings. The van der Waals surface area contributed by atoms with Gasteiger partial charge in [0.25, 0.3) is 0 Å². The first kappa shape index (κ1) is 42.1. The van der Waals surface area contributed by atoms with Crippen LogP contribution in [0.25, 0.3) is 0 Å². The summed E-state index contributed by atoms with van der Waals surface area (Å²) < 4.78 is 0. The van der Waals surface area contributed by atoms with Crippen LogP contribution in [0.15, 0.2) is 60.7 Å². The fraction of sp³-hybridized carbons (Fsp3) is 0.564. The highest BCUT2D eigenvalue weighted by Gasteiger charge is 2.40. The maximum Gasteiger partial charge on any atom is 0.323 e. The fourth-order valence-electron chi connectivity index (χ4n) is 6.33. The molecule has 0 bridgehead atoms. The number of carboxylic acid groups (broad SMARTS) is 1. The average Bonchev–Trinajstić information content (AvgIpc) is 3.13. The number of hydrogen-bond donors (Lipinski definition) is 7. The monoisotopic (exact) mass is 721 g/mol. The third-order valence-electron chi connectivity index (χ3n) is 9.62. The lowest BCUT2D eigenvalue weighted by Gasteiger charge is -2.38. The summed E-state index contributed by atoms with van der Waals surface area (Å²) in [5.74, 6) is -2.56. The predicted molar refractivity (Wildman–Crippen MR) is 201 cm³/mol. The molecule has 1 saturated heterocycles. The summed E-state index contributed by atoms with van der Waals surface area (Å²) in [6.45, 7) is 7.26. The van der Waals surface area contributed by atoms with Crippen LogP contribution in [0.4, 0.5) is 0 Å². The van der Waals surface area contributed by atoms with E-state index >= 15 is 0 Å². The van der Waals surface area contributed by atoms with Crippen LogP contribution in [0.3, 0.4) is 0 Å². The summed E-state index contributed by atoms with van der Waals surface area (Å²) >= 11 is 0. The minimum atomic E-state index is -1.40. The Morgan fingerprint density at radius 2 is 1.40 bits per heavy atom. The third kappa shape index (κ3) is 13.7. The highest BCUT2D eigenvalue weighted by Crippen LogP contribution is 2.21. The Kier molecular flexibility index (Phi) is 17.2. The normalized spacial score (nSPS) is 16.3. The van der Waals surface area contributed by atoms with Crippen LogP contribution >= 0.6 is 0 Å². The smallest absolute Gasteiger partial charge is 0.323 e. The number of benzene rings is 2. The van der Waals surface area contributed by atoms with E-state index in [2.05, 4.69) is 28.2 Å². The maximum absolute atomic E-state index is 13.9. The van der Waals surface area contributed by atoms with Crippen molar-refractivity contribution >= 4 is 29.6 Å². The van der Waals surface area contributed by atoms with Crippen molar-refractivity contribution in [2.75, 3.05) is 32.7 Å². The van der Waals surface area contributed by atoms with E-state index in [9.17, 15) is 29.1 Å². The first-order valence-corrected chi connectivity index (χ1v) is 18.5. The second kappa shape index (κ2) is 21.3. The Morgan fingerprint density at radius 3 is 2.00 bits per heavy atom. The summed E-state index contributed by atoms with van der Waals surface area (Å²) in [4.78, 5) is 67.8. The Hall–Kier alpha value is -4.33. The molecule has 3 rings (SSSR count). The first-order valence-electron chi connectivity index (χ1n) is 18.5. The van der Waals surface area contributed by atoms with E-state index in [0.29, 0.717) is 51.6 Å². The van der Waals surface area contributed by atoms with Crippen LogP contribution in [0.1, 0.15) is 82.8 Å². The zero-order valence-electron chi connectivity index (χ0n) is 30.9. The molecule has 0 spiro atoms. The molecule has 1 fully saturated rings. The zero-order valence-corrected chi connectivity index (χ0v) is 30.9. The average molecular weight is 722 g/mol. The zero-order chi connectivity index (χ0) is 38.1. The van der Waals surface area contributed by atoms with Gasteiger partial charge in [0, 0.05) is 19.6 Å². The van der Waals surface area contributed by atoms with Crippen LogP contribution < -0.4 is 32.7 Å². The van der Waals surface area contributed by atoms with Crippen molar-refractivity contribution in [2.45, 2.75) is 102 Å². The van der Waals surface area contributed by atoms with Gasteiger partial charge in [0.05, 0.1) is 6.54 Å². The van der Waals surface area contributed by atoms with Crippen molar-refractivity contribution in [1.82, 2.24) is 26.2 Å². The minimum absolute atomic E-state index is 0.0169. The van der Waals surface area contributed by atoms with Gasteiger partial charge in [-0.3, -0.25) is 24.0 Å². The highest BCUT2D eigenvalue weighted by molar-refractivity contribution is 5.94. The van der Waals surface area contributed by atoms with Crippen LogP contribution in [0.5, 0.6) is 0 Å². The molecule has 0 aromatic heterocycles. The fourth-order valence-corrected chi connectivity index (χ4v) is 6.33. The number of likely N-dealkylation sites (tertiary alicyclic amines) is 1. The Morgan fingerprint density at radius 1 is 0.808 bits per heavy atom. The van der Waals surface area contributed by atoms with Crippen molar-refractivity contribution < 1.29 is 29.1 Å². The number of amides is 4. The van der Waals surface area contributed by atoms with Crippen LogP contribution in [0, 0.1) is 5.92 Å². The predicted octanol–water partition coefficient (Wildman–Crippen LogP) is 2.05. The molecule has 286 valence electrons. The number of aliphatic carboxylic acids is 1. The molecular formula is C39H59N7O6. The van der Waals surface area contributed by atoms with E-state index < -0.39 is 41.4 Å². The van der Waals surface area contributed by atoms with Gasteiger partial charge < -0.3 is 42.7 Å². The number of piperidine rings is 1. The molecule has 0 unspecified atom stereocenters. The number of rotatable bonds is 21. The molecule has 1 aliphatic heterocycles. The Balaban J connectivity index is 1.71. The Bertz CT molecular complexity index is 1430. The van der Waals surface area contributed by atoms with Gasteiger partial charge in [0.1, 0.15) is 23.7 Å². The first-order chi connectivity index (χ1) is 24.8. The number of nitrogens with one attached hydrogen (secondary N) is 4. The number of carboxylic acids is 1. The van der Waals surface area contributed by atoms with Gasteiger partial charge in [0.15, 0.2) is 0 Å². The molecule has 13 heteroatoms. The van der Waals surface area contributed by atoms with E-state index in [-0.39, 0.29) is 56.1 Å². The second-order valence-electron chi connectivity index (χ2n) is 14.4. The molecule has 1 heterocycles. The Labute approximate surface area is 308 Å². The summed E-state index contributed by atoms with van der Waals surface area (Å²) in [7, 11) is 0. The summed E-state index contributed by atoms with van der Waals surface area (Å²) in [5.41, 5.74) is 12.5. The molecule has 0 saturated carbocycles. The van der Waals surface area contributed by atoms with Gasteiger partial charge >= 0.3 is 5.97 Å². The number of hydrogen-bond acceptors (Lipinski definition) is 8. The molecule has 13 nitrogen and oxygen atoms in total. The van der Waals surface area contributed by atoms with E-state index in [1.165, 1.54) is 0 Å². The van der Waals surface area contributed by atoms with Gasteiger partial charge in [-0.15, -0.1) is 0 Å². The number of carbonyl (C=O) groups is 5. The highest BCUT2D eigenvalue weighted by atomic mass is 16.4. The van der Waals surface area contributed by atoms with Gasteiger partial charge in [-0.2, -0.15) is 0 Å². The molecule has 0 radical (unpaired) electrons. The molecule has 9 N–H and O–H groups in total. The molecule has 1 aliphatic rings. The number of aryl methyl sites for hydroxylation is 1. The molecule has 52 heavy (non-hydrogen) atoms. The standard InChI is InChI=1S/C39H59N7O6/c1-27(2)24-33(36(49)44-32(16-10-11-21-40)37(50)46-22-19-39(41,20-23-46)38(51)52)45-35(48)31(18-17-29-12-6-4-7-13-29)43-34(47)26-42-25-28(3)30-14-8-5-9-15-30/h4-9,12-15,27-28,31-33,42H,10-11,16-26,40-41H2,1-3H3,(H,43,47)(H,44,49)(H,45,48)(H,51,52)/t28-,31-,32-,33-/m1/s1. The molecule has 4 amide bonds. The summed E-state index contributed by atoms with van der Waals surface area (Å²) in [6.07, 6.45) is 2.91. The van der Waals surface area contributed by atoms with E-state index in [4.69, 9.17) is 11.5 Å². The molecule has 4 atom stereocenters. The van der Waals surface area contributed by atoms with E-state index in [1.807, 2.05) is 74.5 Å². The quantitative estimate of drug-likeness (QED) is 0.0940. The SMILES string of the molecule is CC(C)C[C@@H](NC(=O)[C@@H](CCc1ccccc1)NC(=O)CNC[C@@H](C)c1ccccc1)C(=O)N[C@H](CCCCN)C(=O)N1CCC(N)(C(=O)O)CC1. The molecule has 0 aliphatic carbocycles. The van der Waals surface area contributed by atoms with Crippen molar-refractivity contribution in [3.63, 3.8) is 0 Å².